The van der Waals surface area contributed by atoms with E-state index in [9.17, 15) is 9.59 Å². The Kier molecular flexibility index (Phi) is 5.59. The number of aryl methyl sites for hydroxylation is 1. The lowest BCUT2D eigenvalue weighted by molar-refractivity contribution is -0.136. The summed E-state index contributed by atoms with van der Waals surface area (Å²) >= 11 is 5.98. The predicted octanol–water partition coefficient (Wildman–Crippen LogP) is 1.70. The lowest BCUT2D eigenvalue weighted by Crippen LogP contribution is -2.40. The van der Waals surface area contributed by atoms with Crippen LogP contribution in [0, 0.1) is 12.8 Å². The number of hydrogen-bond donors (Lipinski definition) is 3. The summed E-state index contributed by atoms with van der Waals surface area (Å²) in [6.07, 6.45) is 2.05. The second-order valence-corrected chi connectivity index (χ2v) is 5.73. The molecular weight excluding hydrogens is 290 g/mol. The van der Waals surface area contributed by atoms with Gasteiger partial charge in [0.15, 0.2) is 0 Å². The van der Waals surface area contributed by atoms with Crippen molar-refractivity contribution in [2.24, 2.45) is 5.92 Å². The summed E-state index contributed by atoms with van der Waals surface area (Å²) in [6.45, 7) is 4.35. The van der Waals surface area contributed by atoms with Gasteiger partial charge in [-0.3, -0.25) is 9.59 Å². The molecule has 0 radical (unpaired) electrons. The SMILES string of the molecule is Cc1ccc(NC(=O)C(=O)NCC2CCNCC2)cc1Cl. The Labute approximate surface area is 129 Å². The van der Waals surface area contributed by atoms with E-state index in [0.717, 1.165) is 31.5 Å². The lowest BCUT2D eigenvalue weighted by atomic mass is 9.98. The summed E-state index contributed by atoms with van der Waals surface area (Å²) in [5.41, 5.74) is 1.44. The van der Waals surface area contributed by atoms with Gasteiger partial charge in [0.2, 0.25) is 0 Å². The molecular formula is C15H20ClN3O2. The van der Waals surface area contributed by atoms with Crippen molar-refractivity contribution in [1.82, 2.24) is 10.6 Å². The van der Waals surface area contributed by atoms with Gasteiger partial charge in [-0.1, -0.05) is 17.7 Å². The summed E-state index contributed by atoms with van der Waals surface area (Å²) < 4.78 is 0. The number of carbonyl (C=O) groups excluding carboxylic acids is 2. The van der Waals surface area contributed by atoms with Crippen molar-refractivity contribution in [3.63, 3.8) is 0 Å². The fourth-order valence-corrected chi connectivity index (χ4v) is 2.44. The van der Waals surface area contributed by atoms with E-state index in [1.54, 1.807) is 18.2 Å². The number of hydrogen-bond acceptors (Lipinski definition) is 3. The average Bonchev–Trinajstić information content (AvgIpc) is 2.49. The van der Waals surface area contributed by atoms with E-state index in [1.165, 1.54) is 0 Å². The summed E-state index contributed by atoms with van der Waals surface area (Å²) in [7, 11) is 0. The van der Waals surface area contributed by atoms with Gasteiger partial charge in [0, 0.05) is 17.3 Å². The van der Waals surface area contributed by atoms with Crippen LogP contribution >= 0.6 is 11.6 Å². The van der Waals surface area contributed by atoms with Gasteiger partial charge in [0.05, 0.1) is 0 Å². The molecule has 0 atom stereocenters. The maximum absolute atomic E-state index is 11.8. The van der Waals surface area contributed by atoms with E-state index < -0.39 is 11.8 Å². The topological polar surface area (TPSA) is 70.2 Å². The van der Waals surface area contributed by atoms with E-state index in [0.29, 0.717) is 23.2 Å². The summed E-state index contributed by atoms with van der Waals surface area (Å²) in [4.78, 5) is 23.6. The Morgan fingerprint density at radius 3 is 2.67 bits per heavy atom. The number of halogens is 1. The number of carbonyl (C=O) groups is 2. The molecule has 6 heteroatoms. The van der Waals surface area contributed by atoms with Crippen LogP contribution in [0.5, 0.6) is 0 Å². The zero-order valence-corrected chi connectivity index (χ0v) is 12.8. The Morgan fingerprint density at radius 2 is 2.00 bits per heavy atom. The molecule has 1 fully saturated rings. The van der Waals surface area contributed by atoms with Crippen molar-refractivity contribution in [2.45, 2.75) is 19.8 Å². The molecule has 1 aromatic rings. The number of amides is 2. The van der Waals surface area contributed by atoms with Gasteiger partial charge in [-0.25, -0.2) is 0 Å². The third-order valence-corrected chi connectivity index (χ3v) is 4.05. The molecule has 0 aromatic heterocycles. The number of anilines is 1. The first-order valence-corrected chi connectivity index (χ1v) is 7.50. The van der Waals surface area contributed by atoms with Gasteiger partial charge in [0.25, 0.3) is 0 Å². The van der Waals surface area contributed by atoms with Gasteiger partial charge < -0.3 is 16.0 Å². The second-order valence-electron chi connectivity index (χ2n) is 5.32. The van der Waals surface area contributed by atoms with Crippen LogP contribution in [-0.2, 0) is 9.59 Å². The van der Waals surface area contributed by atoms with E-state index >= 15 is 0 Å². The highest BCUT2D eigenvalue weighted by Crippen LogP contribution is 2.19. The predicted molar refractivity (Wildman–Crippen MR) is 83.4 cm³/mol. The Balaban J connectivity index is 1.81. The maximum Gasteiger partial charge on any atom is 0.313 e. The number of benzene rings is 1. The highest BCUT2D eigenvalue weighted by molar-refractivity contribution is 6.39. The molecule has 1 saturated heterocycles. The van der Waals surface area contributed by atoms with Gasteiger partial charge in [0.1, 0.15) is 0 Å². The van der Waals surface area contributed by atoms with Gasteiger partial charge in [-0.05, 0) is 56.5 Å². The van der Waals surface area contributed by atoms with Crippen molar-refractivity contribution in [1.29, 1.82) is 0 Å². The molecule has 0 saturated carbocycles. The number of rotatable bonds is 3. The first-order valence-electron chi connectivity index (χ1n) is 7.12. The van der Waals surface area contributed by atoms with Gasteiger partial charge in [-0.2, -0.15) is 0 Å². The number of nitrogens with one attached hydrogen (secondary N) is 3. The fraction of sp³-hybridized carbons (Fsp3) is 0.467. The van der Waals surface area contributed by atoms with E-state index in [-0.39, 0.29) is 0 Å². The molecule has 114 valence electrons. The Morgan fingerprint density at radius 1 is 1.29 bits per heavy atom. The zero-order chi connectivity index (χ0) is 15.2. The van der Waals surface area contributed by atoms with Crippen LogP contribution in [0.15, 0.2) is 18.2 Å². The molecule has 3 N–H and O–H groups in total. The van der Waals surface area contributed by atoms with Crippen LogP contribution in [0.2, 0.25) is 5.02 Å². The van der Waals surface area contributed by atoms with E-state index in [4.69, 9.17) is 11.6 Å². The molecule has 1 aliphatic rings. The van der Waals surface area contributed by atoms with Gasteiger partial charge in [-0.15, -0.1) is 0 Å². The molecule has 2 amide bonds. The molecule has 0 bridgehead atoms. The van der Waals surface area contributed by atoms with Crippen molar-refractivity contribution in [2.75, 3.05) is 25.0 Å². The smallest absolute Gasteiger partial charge is 0.313 e. The second kappa shape index (κ2) is 7.43. The molecule has 1 aliphatic heterocycles. The normalized spacial score (nSPS) is 15.5. The van der Waals surface area contributed by atoms with Crippen molar-refractivity contribution in [3.8, 4) is 0 Å². The monoisotopic (exact) mass is 309 g/mol. The highest BCUT2D eigenvalue weighted by atomic mass is 35.5. The molecule has 0 spiro atoms. The minimum atomic E-state index is -0.663. The minimum Gasteiger partial charge on any atom is -0.348 e. The first kappa shape index (κ1) is 15.8. The van der Waals surface area contributed by atoms with E-state index in [1.807, 2.05) is 6.92 Å². The Bertz CT molecular complexity index is 528. The first-order chi connectivity index (χ1) is 10.1. The third-order valence-electron chi connectivity index (χ3n) is 3.65. The molecule has 1 aromatic carbocycles. The zero-order valence-electron chi connectivity index (χ0n) is 12.0. The quantitative estimate of drug-likeness (QED) is 0.744. The van der Waals surface area contributed by atoms with Crippen molar-refractivity contribution < 1.29 is 9.59 Å². The largest absolute Gasteiger partial charge is 0.348 e. The van der Waals surface area contributed by atoms with Crippen LogP contribution < -0.4 is 16.0 Å². The van der Waals surface area contributed by atoms with Crippen LogP contribution in [0.4, 0.5) is 5.69 Å². The lowest BCUT2D eigenvalue weighted by Gasteiger charge is -2.22. The minimum absolute atomic E-state index is 0.441. The highest BCUT2D eigenvalue weighted by Gasteiger charge is 2.18. The molecule has 21 heavy (non-hydrogen) atoms. The summed E-state index contributed by atoms with van der Waals surface area (Å²) in [5, 5.41) is 9.06. The average molecular weight is 310 g/mol. The van der Waals surface area contributed by atoms with Crippen LogP contribution in [-0.4, -0.2) is 31.4 Å². The summed E-state index contributed by atoms with van der Waals surface area (Å²) in [6, 6.07) is 5.15. The molecule has 5 nitrogen and oxygen atoms in total. The standard InChI is InChI=1S/C15H20ClN3O2/c1-10-2-3-12(8-13(10)16)19-15(21)14(20)18-9-11-4-6-17-7-5-11/h2-3,8,11,17H,4-7,9H2,1H3,(H,18,20)(H,19,21). The Hall–Kier alpha value is -1.59. The van der Waals surface area contributed by atoms with Crippen LogP contribution in [0.3, 0.4) is 0 Å². The maximum atomic E-state index is 11.8. The summed E-state index contributed by atoms with van der Waals surface area (Å²) in [5.74, 6) is -0.828. The number of piperidine rings is 1. The fourth-order valence-electron chi connectivity index (χ4n) is 2.26. The molecule has 0 aliphatic carbocycles. The molecule has 1 heterocycles. The van der Waals surface area contributed by atoms with Crippen LogP contribution in [0.1, 0.15) is 18.4 Å². The van der Waals surface area contributed by atoms with Crippen molar-refractivity contribution >= 4 is 29.1 Å². The molecule has 0 unspecified atom stereocenters. The third kappa shape index (κ3) is 4.72. The molecule has 2 rings (SSSR count). The van der Waals surface area contributed by atoms with Crippen LogP contribution in [0.25, 0.3) is 0 Å². The van der Waals surface area contributed by atoms with E-state index in [2.05, 4.69) is 16.0 Å². The van der Waals surface area contributed by atoms with Crippen molar-refractivity contribution in [3.05, 3.63) is 28.8 Å². The van der Waals surface area contributed by atoms with Gasteiger partial charge >= 0.3 is 11.8 Å².